The molecule has 0 unspecified atom stereocenters. The standard InChI is InChI=1S/C15H13ClN4/c1-18-15-19-8-10-6-9(2-5-14(10)20-15)12-7-11(17)3-4-13(12)16/h2-8H,17H2,1H3,(H,18,19,20). The molecule has 100 valence electrons. The van der Waals surface area contributed by atoms with Crippen LogP contribution in [0.4, 0.5) is 11.6 Å². The predicted molar refractivity (Wildman–Crippen MR) is 83.9 cm³/mol. The number of nitrogens with one attached hydrogen (secondary N) is 1. The average Bonchev–Trinajstić information content (AvgIpc) is 2.48. The minimum atomic E-state index is 0.604. The summed E-state index contributed by atoms with van der Waals surface area (Å²) < 4.78 is 0. The number of nitrogen functional groups attached to an aromatic ring is 1. The molecule has 0 aliphatic heterocycles. The zero-order valence-electron chi connectivity index (χ0n) is 10.9. The van der Waals surface area contributed by atoms with Gasteiger partial charge in [-0.2, -0.15) is 0 Å². The summed E-state index contributed by atoms with van der Waals surface area (Å²) in [5.41, 5.74) is 9.30. The van der Waals surface area contributed by atoms with Gasteiger partial charge in [0, 0.05) is 34.9 Å². The van der Waals surface area contributed by atoms with E-state index >= 15 is 0 Å². The Morgan fingerprint density at radius 2 is 2.00 bits per heavy atom. The third-order valence-corrected chi connectivity index (χ3v) is 3.43. The summed E-state index contributed by atoms with van der Waals surface area (Å²) in [7, 11) is 1.79. The summed E-state index contributed by atoms with van der Waals surface area (Å²) in [6.45, 7) is 0. The number of benzene rings is 2. The van der Waals surface area contributed by atoms with Crippen LogP contribution in [0, 0.1) is 0 Å². The molecule has 0 saturated carbocycles. The number of anilines is 2. The quantitative estimate of drug-likeness (QED) is 0.706. The second-order valence-corrected chi connectivity index (χ2v) is 4.86. The van der Waals surface area contributed by atoms with Gasteiger partial charge in [-0.05, 0) is 35.9 Å². The molecule has 0 radical (unpaired) electrons. The second-order valence-electron chi connectivity index (χ2n) is 4.46. The summed E-state index contributed by atoms with van der Waals surface area (Å²) in [5, 5.41) is 4.55. The lowest BCUT2D eigenvalue weighted by atomic mass is 10.0. The maximum atomic E-state index is 6.23. The van der Waals surface area contributed by atoms with Gasteiger partial charge in [-0.1, -0.05) is 17.7 Å². The lowest BCUT2D eigenvalue weighted by molar-refractivity contribution is 1.19. The number of nitrogens with two attached hydrogens (primary N) is 1. The first kappa shape index (κ1) is 12.7. The molecule has 3 N–H and O–H groups in total. The monoisotopic (exact) mass is 284 g/mol. The Morgan fingerprint density at radius 1 is 1.15 bits per heavy atom. The van der Waals surface area contributed by atoms with Crippen LogP contribution < -0.4 is 11.1 Å². The molecule has 0 aliphatic carbocycles. The third kappa shape index (κ3) is 2.26. The van der Waals surface area contributed by atoms with Crippen molar-refractivity contribution in [2.75, 3.05) is 18.1 Å². The first-order valence-corrected chi connectivity index (χ1v) is 6.55. The van der Waals surface area contributed by atoms with E-state index < -0.39 is 0 Å². The molecule has 0 amide bonds. The number of fused-ring (bicyclic) bond motifs is 1. The van der Waals surface area contributed by atoms with Crippen LogP contribution in [0.15, 0.2) is 42.6 Å². The lowest BCUT2D eigenvalue weighted by Crippen LogP contribution is -1.95. The van der Waals surface area contributed by atoms with Crippen LogP contribution in [0.5, 0.6) is 0 Å². The normalized spacial score (nSPS) is 10.7. The number of hydrogen-bond acceptors (Lipinski definition) is 4. The van der Waals surface area contributed by atoms with Gasteiger partial charge in [0.05, 0.1) is 5.52 Å². The van der Waals surface area contributed by atoms with E-state index in [1.165, 1.54) is 0 Å². The van der Waals surface area contributed by atoms with Crippen molar-refractivity contribution in [1.29, 1.82) is 0 Å². The van der Waals surface area contributed by atoms with Gasteiger partial charge in [0.15, 0.2) is 0 Å². The van der Waals surface area contributed by atoms with Crippen molar-refractivity contribution in [2.45, 2.75) is 0 Å². The van der Waals surface area contributed by atoms with Gasteiger partial charge in [-0.15, -0.1) is 0 Å². The number of rotatable bonds is 2. The second kappa shape index (κ2) is 4.98. The summed E-state index contributed by atoms with van der Waals surface area (Å²) in [5.74, 6) is 0.604. The van der Waals surface area contributed by atoms with Crippen molar-refractivity contribution in [2.24, 2.45) is 0 Å². The minimum Gasteiger partial charge on any atom is -0.399 e. The Bertz CT molecular complexity index is 786. The van der Waals surface area contributed by atoms with Gasteiger partial charge in [-0.25, -0.2) is 9.97 Å². The fraction of sp³-hybridized carbons (Fsp3) is 0.0667. The van der Waals surface area contributed by atoms with E-state index in [4.69, 9.17) is 17.3 Å². The summed E-state index contributed by atoms with van der Waals surface area (Å²) in [4.78, 5) is 8.61. The van der Waals surface area contributed by atoms with Crippen LogP contribution in [0.3, 0.4) is 0 Å². The molecule has 4 nitrogen and oxygen atoms in total. The zero-order valence-corrected chi connectivity index (χ0v) is 11.6. The molecule has 0 spiro atoms. The number of aromatic nitrogens is 2. The highest BCUT2D eigenvalue weighted by atomic mass is 35.5. The lowest BCUT2D eigenvalue weighted by Gasteiger charge is -2.07. The van der Waals surface area contributed by atoms with Crippen molar-refractivity contribution < 1.29 is 0 Å². The molecule has 3 aromatic rings. The third-order valence-electron chi connectivity index (χ3n) is 3.10. The summed E-state index contributed by atoms with van der Waals surface area (Å²) in [6.07, 6.45) is 1.79. The van der Waals surface area contributed by atoms with Gasteiger partial charge in [0.25, 0.3) is 0 Å². The highest BCUT2D eigenvalue weighted by Crippen LogP contribution is 2.31. The van der Waals surface area contributed by atoms with Gasteiger partial charge < -0.3 is 11.1 Å². The molecule has 0 fully saturated rings. The molecular weight excluding hydrogens is 272 g/mol. The molecule has 0 bridgehead atoms. The molecule has 20 heavy (non-hydrogen) atoms. The van der Waals surface area contributed by atoms with Gasteiger partial charge in [-0.3, -0.25) is 0 Å². The highest BCUT2D eigenvalue weighted by Gasteiger charge is 2.06. The van der Waals surface area contributed by atoms with Crippen molar-refractivity contribution >= 4 is 34.1 Å². The number of hydrogen-bond donors (Lipinski definition) is 2. The Labute approximate surface area is 121 Å². The van der Waals surface area contributed by atoms with Gasteiger partial charge in [0.1, 0.15) is 0 Å². The first-order valence-electron chi connectivity index (χ1n) is 6.17. The number of halogens is 1. The minimum absolute atomic E-state index is 0.604. The van der Waals surface area contributed by atoms with E-state index in [0.29, 0.717) is 16.7 Å². The Balaban J connectivity index is 2.15. The van der Waals surface area contributed by atoms with Crippen LogP contribution >= 0.6 is 11.6 Å². The molecule has 0 saturated heterocycles. The van der Waals surface area contributed by atoms with Crippen LogP contribution in [0.25, 0.3) is 22.0 Å². The van der Waals surface area contributed by atoms with Crippen molar-refractivity contribution in [3.63, 3.8) is 0 Å². The smallest absolute Gasteiger partial charge is 0.222 e. The first-order chi connectivity index (χ1) is 9.67. The highest BCUT2D eigenvalue weighted by molar-refractivity contribution is 6.33. The van der Waals surface area contributed by atoms with Crippen molar-refractivity contribution in [3.05, 3.63) is 47.6 Å². The van der Waals surface area contributed by atoms with Crippen molar-refractivity contribution in [1.82, 2.24) is 9.97 Å². The van der Waals surface area contributed by atoms with Crippen LogP contribution in [-0.2, 0) is 0 Å². The molecule has 3 rings (SSSR count). The van der Waals surface area contributed by atoms with Crippen LogP contribution in [-0.4, -0.2) is 17.0 Å². The maximum Gasteiger partial charge on any atom is 0.222 e. The Hall–Kier alpha value is -2.33. The molecule has 1 aromatic heterocycles. The SMILES string of the molecule is CNc1ncc2cc(-c3cc(N)ccc3Cl)ccc2n1. The average molecular weight is 285 g/mol. The van der Waals surface area contributed by atoms with E-state index in [-0.39, 0.29) is 0 Å². The van der Waals surface area contributed by atoms with E-state index in [2.05, 4.69) is 15.3 Å². The Morgan fingerprint density at radius 3 is 2.80 bits per heavy atom. The molecule has 2 aromatic carbocycles. The van der Waals surface area contributed by atoms with E-state index in [9.17, 15) is 0 Å². The summed E-state index contributed by atoms with van der Waals surface area (Å²) in [6, 6.07) is 11.4. The fourth-order valence-electron chi connectivity index (χ4n) is 2.09. The maximum absolute atomic E-state index is 6.23. The summed E-state index contributed by atoms with van der Waals surface area (Å²) >= 11 is 6.23. The molecule has 0 atom stereocenters. The van der Waals surface area contributed by atoms with E-state index in [0.717, 1.165) is 22.0 Å². The van der Waals surface area contributed by atoms with Gasteiger partial charge >= 0.3 is 0 Å². The number of nitrogens with zero attached hydrogens (tertiary/aromatic N) is 2. The van der Waals surface area contributed by atoms with Crippen LogP contribution in [0.2, 0.25) is 5.02 Å². The van der Waals surface area contributed by atoms with E-state index in [1.807, 2.05) is 24.3 Å². The zero-order chi connectivity index (χ0) is 14.1. The molecule has 0 aliphatic rings. The van der Waals surface area contributed by atoms with Gasteiger partial charge in [0.2, 0.25) is 5.95 Å². The van der Waals surface area contributed by atoms with Crippen LogP contribution in [0.1, 0.15) is 0 Å². The van der Waals surface area contributed by atoms with E-state index in [1.54, 1.807) is 25.4 Å². The topological polar surface area (TPSA) is 63.8 Å². The largest absolute Gasteiger partial charge is 0.399 e. The molecule has 1 heterocycles. The fourth-order valence-corrected chi connectivity index (χ4v) is 2.31. The molecular formula is C15H13ClN4. The predicted octanol–water partition coefficient (Wildman–Crippen LogP) is 3.57. The Kier molecular flexibility index (Phi) is 3.16. The molecule has 5 heteroatoms. The van der Waals surface area contributed by atoms with Crippen molar-refractivity contribution in [3.8, 4) is 11.1 Å².